The molecule has 1 N–H and O–H groups in total. The first-order valence-electron chi connectivity index (χ1n) is 1.83. The summed E-state index contributed by atoms with van der Waals surface area (Å²) in [6, 6.07) is 0. The van der Waals surface area contributed by atoms with E-state index in [1.807, 2.05) is 0 Å². The van der Waals surface area contributed by atoms with Gasteiger partial charge in [0.25, 0.3) is 0 Å². The molecule has 7 heavy (non-hydrogen) atoms. The molecule has 37 valence electrons. The molecule has 1 radical (unpaired) electrons. The Morgan fingerprint density at radius 1 is 1.86 bits per heavy atom. The van der Waals surface area contributed by atoms with Crippen molar-refractivity contribution >= 4 is 11.3 Å². The first-order chi connectivity index (χ1) is 3.30. The molecular weight excluding hydrogens is 110 g/mol. The van der Waals surface area contributed by atoms with E-state index < -0.39 is 0 Å². The molecule has 0 saturated carbocycles. The third-order valence-electron chi connectivity index (χ3n) is 0.665. The summed E-state index contributed by atoms with van der Waals surface area (Å²) in [5.41, 5.74) is 3.20. The molecule has 2 nitrogen and oxygen atoms in total. The molecule has 0 fully saturated rings. The third-order valence-corrected chi connectivity index (χ3v) is 1.34. The van der Waals surface area contributed by atoms with Crippen molar-refractivity contribution in [3.8, 4) is 5.06 Å². The average molecular weight is 114 g/mol. The highest BCUT2D eigenvalue weighted by Crippen LogP contribution is 2.17. The monoisotopic (exact) mass is 114 g/mol. The van der Waals surface area contributed by atoms with Crippen molar-refractivity contribution in [2.24, 2.45) is 0 Å². The zero-order chi connectivity index (χ0) is 5.28. The normalized spacial score (nSPS) is 9.29. The van der Waals surface area contributed by atoms with Crippen LogP contribution in [0.2, 0.25) is 0 Å². The van der Waals surface area contributed by atoms with Crippen LogP contribution in [0.5, 0.6) is 5.06 Å². The summed E-state index contributed by atoms with van der Waals surface area (Å²) < 4.78 is 0. The molecule has 1 aromatic heterocycles. The van der Waals surface area contributed by atoms with Gasteiger partial charge in [-0.25, -0.2) is 4.98 Å². The number of aryl methyl sites for hydroxylation is 1. The maximum Gasteiger partial charge on any atom is 0.195 e. The van der Waals surface area contributed by atoms with Gasteiger partial charge in [0, 0.05) is 0 Å². The van der Waals surface area contributed by atoms with Gasteiger partial charge in [-0.2, -0.15) is 0 Å². The number of aromatic hydroxyl groups is 1. The van der Waals surface area contributed by atoms with Crippen molar-refractivity contribution in [2.45, 2.75) is 6.92 Å². The lowest BCUT2D eigenvalue weighted by molar-refractivity contribution is 0.485. The van der Waals surface area contributed by atoms with Crippen LogP contribution in [-0.2, 0) is 0 Å². The zero-order valence-corrected chi connectivity index (χ0v) is 4.62. The molecule has 0 bridgehead atoms. The van der Waals surface area contributed by atoms with Gasteiger partial charge in [0.15, 0.2) is 10.6 Å². The maximum atomic E-state index is 8.68. The molecule has 0 spiro atoms. The molecule has 0 saturated heterocycles. The van der Waals surface area contributed by atoms with Gasteiger partial charge in [0.2, 0.25) is 0 Å². The van der Waals surface area contributed by atoms with E-state index >= 15 is 0 Å². The quantitative estimate of drug-likeness (QED) is 0.545. The standard InChI is InChI=1S/C4H4NOS/c1-3-4(6)7-2-5-3/h6H,1H3. The van der Waals surface area contributed by atoms with E-state index in [0.717, 1.165) is 11.3 Å². The number of rotatable bonds is 0. The fourth-order valence-electron chi connectivity index (χ4n) is 0.256. The zero-order valence-electron chi connectivity index (χ0n) is 3.80. The molecule has 0 aliphatic rings. The predicted molar refractivity (Wildman–Crippen MR) is 27.4 cm³/mol. The van der Waals surface area contributed by atoms with Crippen molar-refractivity contribution in [3.05, 3.63) is 11.2 Å². The average Bonchev–Trinajstić information content (AvgIpc) is 1.91. The molecule has 1 aromatic rings. The second-order valence-corrected chi connectivity index (χ2v) is 1.97. The highest BCUT2D eigenvalue weighted by atomic mass is 32.1. The number of hydrogen-bond acceptors (Lipinski definition) is 3. The van der Waals surface area contributed by atoms with E-state index in [2.05, 4.69) is 10.5 Å². The Labute approximate surface area is 45.5 Å². The van der Waals surface area contributed by atoms with Gasteiger partial charge in [-0.3, -0.25) is 0 Å². The molecule has 0 unspecified atom stereocenters. The molecule has 1 rings (SSSR count). The maximum absolute atomic E-state index is 8.68. The molecule has 1 heterocycles. The lowest BCUT2D eigenvalue weighted by atomic mass is 10.6. The number of nitrogens with zero attached hydrogens (tertiary/aromatic N) is 1. The Bertz CT molecular complexity index is 144. The highest BCUT2D eigenvalue weighted by Gasteiger charge is 1.93. The minimum Gasteiger partial charge on any atom is -0.498 e. The Morgan fingerprint density at radius 2 is 2.57 bits per heavy atom. The molecule has 0 atom stereocenters. The van der Waals surface area contributed by atoms with Crippen LogP contribution in [0.1, 0.15) is 5.69 Å². The summed E-state index contributed by atoms with van der Waals surface area (Å²) in [4.78, 5) is 3.66. The van der Waals surface area contributed by atoms with Crippen LogP contribution in [0.4, 0.5) is 0 Å². The van der Waals surface area contributed by atoms with Crippen LogP contribution in [0, 0.1) is 12.4 Å². The number of thiazole rings is 1. The van der Waals surface area contributed by atoms with Gasteiger partial charge in [-0.05, 0) is 6.92 Å². The Hall–Kier alpha value is -0.570. The van der Waals surface area contributed by atoms with Crippen LogP contribution in [0.25, 0.3) is 0 Å². The molecule has 0 amide bonds. The highest BCUT2D eigenvalue weighted by molar-refractivity contribution is 7.11. The Morgan fingerprint density at radius 3 is 2.71 bits per heavy atom. The summed E-state index contributed by atoms with van der Waals surface area (Å²) in [6.45, 7) is 1.74. The minimum atomic E-state index is 0.264. The van der Waals surface area contributed by atoms with Gasteiger partial charge >= 0.3 is 0 Å². The van der Waals surface area contributed by atoms with E-state index in [1.54, 1.807) is 6.92 Å². The van der Waals surface area contributed by atoms with E-state index in [4.69, 9.17) is 5.11 Å². The summed E-state index contributed by atoms with van der Waals surface area (Å²) >= 11 is 1.12. The Kier molecular flexibility index (Phi) is 0.982. The van der Waals surface area contributed by atoms with Crippen LogP contribution < -0.4 is 0 Å². The van der Waals surface area contributed by atoms with Crippen LogP contribution in [0.3, 0.4) is 0 Å². The number of hydrogen-bond donors (Lipinski definition) is 1. The van der Waals surface area contributed by atoms with Crippen molar-refractivity contribution in [1.29, 1.82) is 0 Å². The van der Waals surface area contributed by atoms with Crippen LogP contribution in [0.15, 0.2) is 0 Å². The second kappa shape index (κ2) is 1.50. The molecule has 0 aliphatic heterocycles. The fraction of sp³-hybridized carbons (Fsp3) is 0.250. The van der Waals surface area contributed by atoms with Gasteiger partial charge < -0.3 is 5.11 Å². The van der Waals surface area contributed by atoms with Crippen LogP contribution in [-0.4, -0.2) is 10.1 Å². The Balaban J connectivity index is 3.12. The second-order valence-electron chi connectivity index (χ2n) is 1.20. The smallest absolute Gasteiger partial charge is 0.195 e. The van der Waals surface area contributed by atoms with E-state index in [0.29, 0.717) is 5.69 Å². The largest absolute Gasteiger partial charge is 0.498 e. The first-order valence-corrected chi connectivity index (χ1v) is 2.65. The van der Waals surface area contributed by atoms with Crippen molar-refractivity contribution in [1.82, 2.24) is 4.98 Å². The first kappa shape index (κ1) is 4.59. The third kappa shape index (κ3) is 0.718. The summed E-state index contributed by atoms with van der Waals surface area (Å²) in [6.07, 6.45) is 0. The number of aromatic nitrogens is 1. The van der Waals surface area contributed by atoms with E-state index in [-0.39, 0.29) is 5.06 Å². The molecule has 0 aliphatic carbocycles. The summed E-state index contributed by atoms with van der Waals surface area (Å²) in [5, 5.41) is 8.95. The van der Waals surface area contributed by atoms with Crippen molar-refractivity contribution in [2.75, 3.05) is 0 Å². The lowest BCUT2D eigenvalue weighted by Crippen LogP contribution is -1.64. The van der Waals surface area contributed by atoms with Gasteiger partial charge in [0.05, 0.1) is 5.69 Å². The van der Waals surface area contributed by atoms with Gasteiger partial charge in [-0.1, -0.05) is 11.3 Å². The van der Waals surface area contributed by atoms with Crippen molar-refractivity contribution < 1.29 is 5.11 Å². The topological polar surface area (TPSA) is 33.1 Å². The van der Waals surface area contributed by atoms with Crippen LogP contribution >= 0.6 is 11.3 Å². The fourth-order valence-corrected chi connectivity index (χ4v) is 0.719. The van der Waals surface area contributed by atoms with E-state index in [9.17, 15) is 0 Å². The minimum absolute atomic E-state index is 0.264. The van der Waals surface area contributed by atoms with Gasteiger partial charge in [0.1, 0.15) is 0 Å². The summed E-state index contributed by atoms with van der Waals surface area (Å²) in [5.74, 6) is 0. The predicted octanol–water partition coefficient (Wildman–Crippen LogP) is 0.957. The molecule has 0 aromatic carbocycles. The summed E-state index contributed by atoms with van der Waals surface area (Å²) in [7, 11) is 0. The van der Waals surface area contributed by atoms with Gasteiger partial charge in [-0.15, -0.1) is 0 Å². The van der Waals surface area contributed by atoms with E-state index in [1.165, 1.54) is 0 Å². The van der Waals surface area contributed by atoms with Crippen molar-refractivity contribution in [3.63, 3.8) is 0 Å². The molecule has 3 heteroatoms. The SMILES string of the molecule is Cc1n[c]sc1O. The lowest BCUT2D eigenvalue weighted by Gasteiger charge is -1.77. The molecular formula is C4H4NOS.